The van der Waals surface area contributed by atoms with Gasteiger partial charge in [-0.25, -0.2) is 0 Å². The van der Waals surface area contributed by atoms with Gasteiger partial charge in [0.2, 0.25) is 0 Å². The summed E-state index contributed by atoms with van der Waals surface area (Å²) in [5.41, 5.74) is 0.665. The van der Waals surface area contributed by atoms with E-state index in [1.807, 2.05) is 0 Å². The number of benzene rings is 1. The summed E-state index contributed by atoms with van der Waals surface area (Å²) in [6, 6.07) is 3.63. The highest BCUT2D eigenvalue weighted by atomic mass is 35.5. The van der Waals surface area contributed by atoms with Gasteiger partial charge < -0.3 is 15.7 Å². The number of nitrogens with one attached hydrogen (secondary N) is 2. The number of rotatable bonds is 2. The van der Waals surface area contributed by atoms with Gasteiger partial charge in [0.1, 0.15) is 0 Å². The molecule has 0 aromatic heterocycles. The second-order valence-corrected chi connectivity index (χ2v) is 5.59. The summed E-state index contributed by atoms with van der Waals surface area (Å²) in [5.74, 6) is -0.112. The van der Waals surface area contributed by atoms with Crippen LogP contribution in [0.2, 0.25) is 10.0 Å². The zero-order chi connectivity index (χ0) is 13.1. The predicted octanol–water partition coefficient (Wildman–Crippen LogP) is 3.93. The summed E-state index contributed by atoms with van der Waals surface area (Å²) >= 11 is 16.9. The molecule has 1 aliphatic rings. The van der Waals surface area contributed by atoms with Crippen LogP contribution < -0.4 is 10.6 Å². The molecule has 0 radical (unpaired) electrons. The lowest BCUT2D eigenvalue weighted by molar-refractivity contribution is 0.476. The smallest absolute Gasteiger partial charge is 0.170 e. The van der Waals surface area contributed by atoms with Gasteiger partial charge in [-0.15, -0.1) is 0 Å². The summed E-state index contributed by atoms with van der Waals surface area (Å²) in [6.07, 6.45) is 4.80. The highest BCUT2D eigenvalue weighted by Crippen LogP contribution is 2.34. The molecule has 0 bridgehead atoms. The van der Waals surface area contributed by atoms with Crippen molar-refractivity contribution in [2.45, 2.75) is 31.7 Å². The van der Waals surface area contributed by atoms with Crippen molar-refractivity contribution in [1.82, 2.24) is 5.32 Å². The van der Waals surface area contributed by atoms with Gasteiger partial charge in [0.15, 0.2) is 10.9 Å². The van der Waals surface area contributed by atoms with Crippen LogP contribution in [0.1, 0.15) is 25.7 Å². The zero-order valence-corrected chi connectivity index (χ0v) is 12.0. The number of phenols is 1. The molecule has 0 atom stereocenters. The van der Waals surface area contributed by atoms with E-state index >= 15 is 0 Å². The van der Waals surface area contributed by atoms with Gasteiger partial charge in [-0.05, 0) is 37.2 Å². The van der Waals surface area contributed by atoms with Crippen molar-refractivity contribution in [3.63, 3.8) is 0 Å². The van der Waals surface area contributed by atoms with Crippen LogP contribution >= 0.6 is 35.4 Å². The van der Waals surface area contributed by atoms with Crippen molar-refractivity contribution >= 4 is 46.2 Å². The topological polar surface area (TPSA) is 44.3 Å². The average molecular weight is 305 g/mol. The standard InChI is InChI=1S/C12H14Cl2N2OS/c13-9-5-8(6-10(14)11(9)17)16-12(18)15-7-3-1-2-4-7/h5-7,17H,1-4H2,(H2,15,16,18). The molecule has 0 aliphatic heterocycles. The van der Waals surface area contributed by atoms with Gasteiger partial charge in [-0.1, -0.05) is 36.0 Å². The van der Waals surface area contributed by atoms with Crippen LogP contribution in [0.15, 0.2) is 12.1 Å². The Morgan fingerprint density at radius 1 is 1.22 bits per heavy atom. The van der Waals surface area contributed by atoms with Crippen molar-refractivity contribution in [2.24, 2.45) is 0 Å². The molecule has 0 amide bonds. The molecular formula is C12H14Cl2N2OS. The first-order valence-corrected chi connectivity index (χ1v) is 6.98. The molecule has 98 valence electrons. The Morgan fingerprint density at radius 3 is 2.33 bits per heavy atom. The number of halogens is 2. The molecule has 0 heterocycles. The third-order valence-electron chi connectivity index (χ3n) is 2.97. The number of hydrogen-bond acceptors (Lipinski definition) is 2. The zero-order valence-electron chi connectivity index (χ0n) is 9.67. The fourth-order valence-electron chi connectivity index (χ4n) is 2.06. The SMILES string of the molecule is Oc1c(Cl)cc(NC(=S)NC2CCCC2)cc1Cl. The molecule has 1 aromatic rings. The molecule has 3 nitrogen and oxygen atoms in total. The number of hydrogen-bond donors (Lipinski definition) is 3. The second-order valence-electron chi connectivity index (χ2n) is 4.37. The molecule has 6 heteroatoms. The maximum atomic E-state index is 9.45. The fourth-order valence-corrected chi connectivity index (χ4v) is 2.83. The number of anilines is 1. The van der Waals surface area contributed by atoms with E-state index in [1.54, 1.807) is 12.1 Å². The van der Waals surface area contributed by atoms with Crippen molar-refractivity contribution in [3.8, 4) is 5.75 Å². The summed E-state index contributed by atoms with van der Waals surface area (Å²) < 4.78 is 0. The highest BCUT2D eigenvalue weighted by molar-refractivity contribution is 7.80. The van der Waals surface area contributed by atoms with Crippen molar-refractivity contribution in [1.29, 1.82) is 0 Å². The maximum absolute atomic E-state index is 9.45. The van der Waals surface area contributed by atoms with Crippen molar-refractivity contribution in [3.05, 3.63) is 22.2 Å². The van der Waals surface area contributed by atoms with Gasteiger partial charge in [-0.2, -0.15) is 0 Å². The summed E-state index contributed by atoms with van der Waals surface area (Å²) in [5, 5.41) is 16.7. The molecule has 1 saturated carbocycles. The van der Waals surface area contributed by atoms with E-state index in [0.717, 1.165) is 12.8 Å². The minimum atomic E-state index is -0.112. The largest absolute Gasteiger partial charge is 0.505 e. The second kappa shape index (κ2) is 5.95. The fraction of sp³-hybridized carbons (Fsp3) is 0.417. The normalized spacial score (nSPS) is 15.7. The highest BCUT2D eigenvalue weighted by Gasteiger charge is 2.15. The molecule has 1 aromatic carbocycles. The summed E-state index contributed by atoms with van der Waals surface area (Å²) in [6.45, 7) is 0. The first kappa shape index (κ1) is 13.7. The van der Waals surface area contributed by atoms with Crippen LogP contribution in [-0.2, 0) is 0 Å². The van der Waals surface area contributed by atoms with Crippen LogP contribution in [0.3, 0.4) is 0 Å². The molecule has 3 N–H and O–H groups in total. The van der Waals surface area contributed by atoms with E-state index in [4.69, 9.17) is 35.4 Å². The molecule has 18 heavy (non-hydrogen) atoms. The molecule has 0 unspecified atom stereocenters. The lowest BCUT2D eigenvalue weighted by Crippen LogP contribution is -2.35. The molecule has 0 spiro atoms. The van der Waals surface area contributed by atoms with E-state index in [-0.39, 0.29) is 15.8 Å². The predicted molar refractivity (Wildman–Crippen MR) is 79.7 cm³/mol. The maximum Gasteiger partial charge on any atom is 0.170 e. The van der Waals surface area contributed by atoms with Crippen molar-refractivity contribution in [2.75, 3.05) is 5.32 Å². The number of thiocarbonyl (C=S) groups is 1. The molecule has 1 fully saturated rings. The minimum absolute atomic E-state index is 0.112. The molecule has 0 saturated heterocycles. The third kappa shape index (κ3) is 3.40. The van der Waals surface area contributed by atoms with Crippen LogP contribution in [0.25, 0.3) is 0 Å². The summed E-state index contributed by atoms with van der Waals surface area (Å²) in [4.78, 5) is 0. The molecule has 1 aliphatic carbocycles. The molecular weight excluding hydrogens is 291 g/mol. The Labute approximate surface area is 121 Å². The Kier molecular flexibility index (Phi) is 4.54. The Bertz CT molecular complexity index is 438. The van der Waals surface area contributed by atoms with E-state index in [1.165, 1.54) is 12.8 Å². The van der Waals surface area contributed by atoms with Crippen LogP contribution in [0, 0.1) is 0 Å². The Morgan fingerprint density at radius 2 is 1.78 bits per heavy atom. The van der Waals surface area contributed by atoms with E-state index in [2.05, 4.69) is 10.6 Å². The van der Waals surface area contributed by atoms with Crippen LogP contribution in [-0.4, -0.2) is 16.3 Å². The van der Waals surface area contributed by atoms with Crippen LogP contribution in [0.4, 0.5) is 5.69 Å². The van der Waals surface area contributed by atoms with Crippen molar-refractivity contribution < 1.29 is 5.11 Å². The Balaban J connectivity index is 1.98. The lowest BCUT2D eigenvalue weighted by Gasteiger charge is -2.16. The van der Waals surface area contributed by atoms with Gasteiger partial charge in [0.25, 0.3) is 0 Å². The molecule has 2 rings (SSSR count). The quantitative estimate of drug-likeness (QED) is 0.572. The van der Waals surface area contributed by atoms with E-state index < -0.39 is 0 Å². The summed E-state index contributed by atoms with van der Waals surface area (Å²) in [7, 11) is 0. The number of phenolic OH excluding ortho intramolecular Hbond substituents is 1. The van der Waals surface area contributed by atoms with Gasteiger partial charge in [0.05, 0.1) is 10.0 Å². The van der Waals surface area contributed by atoms with Gasteiger partial charge in [-0.3, -0.25) is 0 Å². The van der Waals surface area contributed by atoms with Gasteiger partial charge >= 0.3 is 0 Å². The first-order valence-electron chi connectivity index (χ1n) is 5.82. The van der Waals surface area contributed by atoms with E-state index in [9.17, 15) is 5.11 Å². The lowest BCUT2D eigenvalue weighted by atomic mass is 10.2. The number of aromatic hydroxyl groups is 1. The third-order valence-corrected chi connectivity index (χ3v) is 3.76. The van der Waals surface area contributed by atoms with Crippen LogP contribution in [0.5, 0.6) is 5.75 Å². The monoisotopic (exact) mass is 304 g/mol. The van der Waals surface area contributed by atoms with Gasteiger partial charge in [0, 0.05) is 11.7 Å². The average Bonchev–Trinajstić information content (AvgIpc) is 2.78. The minimum Gasteiger partial charge on any atom is -0.505 e. The Hall–Kier alpha value is -0.710. The van der Waals surface area contributed by atoms with E-state index in [0.29, 0.717) is 16.8 Å². The first-order chi connectivity index (χ1) is 8.56.